The topological polar surface area (TPSA) is 114 Å². The number of hydrogen-bond donors (Lipinski definition) is 7. The lowest BCUT2D eigenvalue weighted by Crippen LogP contribution is -2.58. The number of hydrogen-bond acceptors (Lipinski definition) is 9. The zero-order valence-electron chi connectivity index (χ0n) is 20.1. The minimum Gasteiger partial charge on any atom is -0.379 e. The summed E-state index contributed by atoms with van der Waals surface area (Å²) < 4.78 is 5.85. The van der Waals surface area contributed by atoms with Gasteiger partial charge >= 0.3 is 0 Å². The molecule has 33 heavy (non-hydrogen) atoms. The van der Waals surface area contributed by atoms with Crippen molar-refractivity contribution in [2.75, 3.05) is 46.6 Å². The first-order chi connectivity index (χ1) is 16.2. The number of carbonyl (C=O) groups is 1. The molecule has 0 aromatic rings. The van der Waals surface area contributed by atoms with E-state index in [0.29, 0.717) is 24.5 Å². The van der Waals surface area contributed by atoms with Crippen molar-refractivity contribution < 1.29 is 9.53 Å². The Balaban J connectivity index is 1.07. The number of rotatable bonds is 6. The minimum absolute atomic E-state index is 0.0618. The minimum atomic E-state index is 0.0618. The first-order valence-corrected chi connectivity index (χ1v) is 13.2. The van der Waals surface area contributed by atoms with Gasteiger partial charge in [-0.2, -0.15) is 0 Å². The van der Waals surface area contributed by atoms with Crippen LogP contribution in [0.3, 0.4) is 0 Å². The molecule has 7 N–H and O–H groups in total. The molecule has 10 heteroatoms. The zero-order valence-corrected chi connectivity index (χ0v) is 20.1. The third-order valence-electron chi connectivity index (χ3n) is 8.60. The monoisotopic (exact) mass is 464 g/mol. The van der Waals surface area contributed by atoms with E-state index in [9.17, 15) is 4.79 Å². The predicted molar refractivity (Wildman–Crippen MR) is 127 cm³/mol. The zero-order chi connectivity index (χ0) is 22.6. The summed E-state index contributed by atoms with van der Waals surface area (Å²) in [7, 11) is 2.17. The van der Waals surface area contributed by atoms with E-state index >= 15 is 0 Å². The molecule has 4 heterocycles. The van der Waals surface area contributed by atoms with Gasteiger partial charge in [-0.25, -0.2) is 10.9 Å². The van der Waals surface area contributed by atoms with Gasteiger partial charge in [-0.15, -0.1) is 0 Å². The Bertz CT molecular complexity index is 646. The third-order valence-corrected chi connectivity index (χ3v) is 8.60. The number of amides is 1. The molecule has 5 aliphatic rings. The van der Waals surface area contributed by atoms with Gasteiger partial charge in [0.2, 0.25) is 5.91 Å². The second-order valence-electron chi connectivity index (χ2n) is 10.7. The number of ether oxygens (including phenoxy) is 1. The molecule has 8 atom stereocenters. The predicted octanol–water partition coefficient (Wildman–Crippen LogP) is -1.18. The van der Waals surface area contributed by atoms with Gasteiger partial charge in [-0.3, -0.25) is 20.3 Å². The maximum atomic E-state index is 13.2. The average molecular weight is 465 g/mol. The Morgan fingerprint density at radius 1 is 1.06 bits per heavy atom. The highest BCUT2D eigenvalue weighted by molar-refractivity contribution is 5.79. The molecule has 0 aromatic carbocycles. The van der Waals surface area contributed by atoms with E-state index in [1.807, 2.05) is 0 Å². The maximum absolute atomic E-state index is 13.2. The largest absolute Gasteiger partial charge is 0.379 e. The van der Waals surface area contributed by atoms with Crippen LogP contribution in [0.15, 0.2) is 0 Å². The molecule has 5 fully saturated rings. The lowest BCUT2D eigenvalue weighted by atomic mass is 9.74. The van der Waals surface area contributed by atoms with Gasteiger partial charge in [-0.1, -0.05) is 12.8 Å². The van der Waals surface area contributed by atoms with Crippen LogP contribution in [0.1, 0.15) is 44.9 Å². The number of carbonyl (C=O) groups excluding carboxylic acids is 1. The number of hydrazine groups is 1. The van der Waals surface area contributed by atoms with Crippen LogP contribution in [-0.4, -0.2) is 88.0 Å². The highest BCUT2D eigenvalue weighted by Gasteiger charge is 2.39. The molecule has 1 amide bonds. The van der Waals surface area contributed by atoms with Gasteiger partial charge in [0.05, 0.1) is 31.1 Å². The van der Waals surface area contributed by atoms with E-state index in [1.54, 1.807) is 0 Å². The molecule has 1 aliphatic carbocycles. The van der Waals surface area contributed by atoms with E-state index in [2.05, 4.69) is 49.4 Å². The fourth-order valence-corrected chi connectivity index (χ4v) is 6.54. The molecule has 0 bridgehead atoms. The molecular weight excluding hydrogens is 420 g/mol. The Morgan fingerprint density at radius 2 is 1.97 bits per heavy atom. The molecule has 0 radical (unpaired) electrons. The van der Waals surface area contributed by atoms with E-state index < -0.39 is 0 Å². The number of nitrogens with one attached hydrogen (secondary N) is 7. The molecule has 1 saturated carbocycles. The second-order valence-corrected chi connectivity index (χ2v) is 10.7. The standard InChI is InChI=1S/C23H44N8O2/c1-31-21(29-30-22(31)18-7-8-24-14-27-18)11-26-20-10-15(6-9-25-20)23(32)28-19-13-33-12-16-4-2-3-5-17(16)19/h15-22,24-27,29-30H,2-14H2,1H3,(H,28,32)/t15?,16?,17?,18?,19-,20?,21?,22?/m0/s1. The fourth-order valence-electron chi connectivity index (χ4n) is 6.54. The van der Waals surface area contributed by atoms with Gasteiger partial charge in [0.25, 0.3) is 0 Å². The smallest absolute Gasteiger partial charge is 0.223 e. The Labute approximate surface area is 198 Å². The lowest BCUT2D eigenvalue weighted by Gasteiger charge is -2.42. The second kappa shape index (κ2) is 11.3. The molecular formula is C23H44N8O2. The molecule has 4 saturated heterocycles. The van der Waals surface area contributed by atoms with Crippen LogP contribution < -0.4 is 37.4 Å². The van der Waals surface area contributed by atoms with Crippen LogP contribution >= 0.6 is 0 Å². The molecule has 0 spiro atoms. The van der Waals surface area contributed by atoms with E-state index in [0.717, 1.165) is 52.2 Å². The Morgan fingerprint density at radius 3 is 2.85 bits per heavy atom. The normalized spacial score (nSPS) is 42.6. The molecule has 188 valence electrons. The first-order valence-electron chi connectivity index (χ1n) is 13.2. The van der Waals surface area contributed by atoms with Crippen molar-refractivity contribution in [1.82, 2.24) is 42.3 Å². The summed E-state index contributed by atoms with van der Waals surface area (Å²) in [5, 5.41) is 17.5. The number of likely N-dealkylation sites (N-methyl/N-ethyl adjacent to an activating group) is 1. The van der Waals surface area contributed by atoms with Gasteiger partial charge in [0, 0.05) is 31.8 Å². The highest BCUT2D eigenvalue weighted by atomic mass is 16.5. The van der Waals surface area contributed by atoms with E-state index in [4.69, 9.17) is 4.74 Å². The van der Waals surface area contributed by atoms with Crippen LogP contribution in [0, 0.1) is 17.8 Å². The van der Waals surface area contributed by atoms with Crippen molar-refractivity contribution in [3.63, 3.8) is 0 Å². The number of nitrogens with zero attached hydrogens (tertiary/aromatic N) is 1. The molecule has 7 unspecified atom stereocenters. The first kappa shape index (κ1) is 23.9. The molecule has 5 rings (SSSR count). The fraction of sp³-hybridized carbons (Fsp3) is 0.957. The summed E-state index contributed by atoms with van der Waals surface area (Å²) in [5.74, 6) is 1.52. The quantitative estimate of drug-likeness (QED) is 0.261. The maximum Gasteiger partial charge on any atom is 0.223 e. The lowest BCUT2D eigenvalue weighted by molar-refractivity contribution is -0.130. The van der Waals surface area contributed by atoms with Gasteiger partial charge in [0.1, 0.15) is 0 Å². The third kappa shape index (κ3) is 5.70. The highest BCUT2D eigenvalue weighted by Crippen LogP contribution is 2.35. The molecule has 4 aliphatic heterocycles. The summed E-state index contributed by atoms with van der Waals surface area (Å²) in [4.78, 5) is 15.5. The van der Waals surface area contributed by atoms with Crippen molar-refractivity contribution in [2.24, 2.45) is 17.8 Å². The van der Waals surface area contributed by atoms with Crippen molar-refractivity contribution in [3.05, 3.63) is 0 Å². The summed E-state index contributed by atoms with van der Waals surface area (Å²) in [6.45, 7) is 5.16. The van der Waals surface area contributed by atoms with Crippen LogP contribution in [0.4, 0.5) is 0 Å². The Hall–Kier alpha value is -0.850. The number of piperidine rings is 1. The Kier molecular flexibility index (Phi) is 8.14. The van der Waals surface area contributed by atoms with Crippen LogP contribution in [-0.2, 0) is 9.53 Å². The average Bonchev–Trinajstić information content (AvgIpc) is 3.24. The van der Waals surface area contributed by atoms with Gasteiger partial charge in [0.15, 0.2) is 0 Å². The van der Waals surface area contributed by atoms with E-state index in [-0.39, 0.29) is 36.4 Å². The molecule has 0 aromatic heterocycles. The summed E-state index contributed by atoms with van der Waals surface area (Å²) in [5.41, 5.74) is 6.90. The van der Waals surface area contributed by atoms with Crippen LogP contribution in [0.25, 0.3) is 0 Å². The van der Waals surface area contributed by atoms with Crippen molar-refractivity contribution >= 4 is 5.91 Å². The van der Waals surface area contributed by atoms with E-state index in [1.165, 1.54) is 25.7 Å². The van der Waals surface area contributed by atoms with Crippen LogP contribution in [0.5, 0.6) is 0 Å². The van der Waals surface area contributed by atoms with Crippen molar-refractivity contribution in [3.8, 4) is 0 Å². The van der Waals surface area contributed by atoms with Crippen molar-refractivity contribution in [2.45, 2.75) is 75.5 Å². The SMILES string of the molecule is CN1C(CNC2CC(C(=O)N[C@H]3COCC4CCCCC43)CCN2)NNC1C1CCNCN1. The van der Waals surface area contributed by atoms with Gasteiger partial charge in [-0.05, 0) is 64.1 Å². The van der Waals surface area contributed by atoms with Crippen LogP contribution in [0.2, 0.25) is 0 Å². The number of fused-ring (bicyclic) bond motifs is 1. The summed E-state index contributed by atoms with van der Waals surface area (Å²) >= 11 is 0. The molecule has 10 nitrogen and oxygen atoms in total. The van der Waals surface area contributed by atoms with Crippen molar-refractivity contribution in [1.29, 1.82) is 0 Å². The summed E-state index contributed by atoms with van der Waals surface area (Å²) in [6.07, 6.45) is 8.58. The summed E-state index contributed by atoms with van der Waals surface area (Å²) in [6, 6.07) is 0.628. The van der Waals surface area contributed by atoms with Gasteiger partial charge < -0.3 is 20.7 Å².